The lowest BCUT2D eigenvalue weighted by Gasteiger charge is -2.19. The average molecular weight is 359 g/mol. The first-order valence-electron chi connectivity index (χ1n) is 8.08. The Bertz CT molecular complexity index is 745. The summed E-state index contributed by atoms with van der Waals surface area (Å²) in [5.41, 5.74) is 5.57. The predicted molar refractivity (Wildman–Crippen MR) is 102 cm³/mol. The lowest BCUT2D eigenvalue weighted by molar-refractivity contribution is -0.123. The highest BCUT2D eigenvalue weighted by atomic mass is 35.5. The Balaban J connectivity index is 1.89. The number of nitrogens with one attached hydrogen (secondary N) is 1. The van der Waals surface area contributed by atoms with Gasteiger partial charge in [0, 0.05) is 5.02 Å². The number of carbonyl (C=O) groups excluding carboxylic acids is 1. The van der Waals surface area contributed by atoms with E-state index in [0.717, 1.165) is 11.3 Å². The topological polar surface area (TPSA) is 50.7 Å². The molecule has 0 saturated heterocycles. The van der Waals surface area contributed by atoms with Crippen LogP contribution in [0.5, 0.6) is 5.75 Å². The molecular weight excluding hydrogens is 336 g/mol. The number of ether oxygens (including phenoxy) is 1. The third-order valence-corrected chi connectivity index (χ3v) is 3.95. The number of hydrogen-bond acceptors (Lipinski definition) is 3. The number of nitrogens with zero attached hydrogens (tertiary/aromatic N) is 1. The van der Waals surface area contributed by atoms with E-state index >= 15 is 0 Å². The molecule has 2 aromatic carbocycles. The molecule has 2 rings (SSSR count). The van der Waals surface area contributed by atoms with Crippen molar-refractivity contribution in [1.82, 2.24) is 5.43 Å². The van der Waals surface area contributed by atoms with Crippen molar-refractivity contribution >= 4 is 23.2 Å². The molecular formula is C20H23ClN2O2. The Morgan fingerprint density at radius 3 is 2.24 bits per heavy atom. The first-order valence-corrected chi connectivity index (χ1v) is 8.46. The molecule has 0 bridgehead atoms. The largest absolute Gasteiger partial charge is 0.484 e. The lowest BCUT2D eigenvalue weighted by Crippen LogP contribution is -2.25. The number of hydrogen-bond donors (Lipinski definition) is 1. The van der Waals surface area contributed by atoms with Crippen LogP contribution in [0.25, 0.3) is 0 Å². The van der Waals surface area contributed by atoms with Gasteiger partial charge in [0.15, 0.2) is 6.61 Å². The van der Waals surface area contributed by atoms with Gasteiger partial charge in [0.05, 0.1) is 5.71 Å². The fraction of sp³-hybridized carbons (Fsp3) is 0.300. The van der Waals surface area contributed by atoms with E-state index in [4.69, 9.17) is 16.3 Å². The molecule has 0 atom stereocenters. The third kappa shape index (κ3) is 5.91. The Kier molecular flexibility index (Phi) is 6.21. The lowest BCUT2D eigenvalue weighted by atomic mass is 9.86. The molecule has 0 radical (unpaired) electrons. The molecule has 0 aromatic heterocycles. The van der Waals surface area contributed by atoms with E-state index < -0.39 is 0 Å². The molecule has 4 nitrogen and oxygen atoms in total. The summed E-state index contributed by atoms with van der Waals surface area (Å²) in [5, 5.41) is 4.75. The Morgan fingerprint density at radius 2 is 1.68 bits per heavy atom. The van der Waals surface area contributed by atoms with Crippen LogP contribution in [0, 0.1) is 0 Å². The zero-order chi connectivity index (χ0) is 18.4. The van der Waals surface area contributed by atoms with Gasteiger partial charge in [0.2, 0.25) is 0 Å². The maximum atomic E-state index is 11.8. The second-order valence-electron chi connectivity index (χ2n) is 6.80. The van der Waals surface area contributed by atoms with Crippen molar-refractivity contribution in [2.75, 3.05) is 6.61 Å². The standard InChI is InChI=1S/C20H23ClN2O2/c1-14(15-5-7-16(8-6-15)20(2,3)4)22-23-19(24)13-25-18-11-9-17(21)10-12-18/h5-12H,13H2,1-4H3,(H,23,24)/b22-14-. The summed E-state index contributed by atoms with van der Waals surface area (Å²) >= 11 is 5.80. The Hall–Kier alpha value is -2.33. The van der Waals surface area contributed by atoms with E-state index in [-0.39, 0.29) is 17.9 Å². The van der Waals surface area contributed by atoms with Crippen molar-refractivity contribution in [2.45, 2.75) is 33.1 Å². The van der Waals surface area contributed by atoms with Crippen molar-refractivity contribution in [1.29, 1.82) is 0 Å². The second kappa shape index (κ2) is 8.17. The van der Waals surface area contributed by atoms with Crippen LogP contribution in [0.4, 0.5) is 0 Å². The van der Waals surface area contributed by atoms with Gasteiger partial charge in [0.1, 0.15) is 5.75 Å². The molecule has 1 amide bonds. The van der Waals surface area contributed by atoms with Crippen molar-refractivity contribution in [3.8, 4) is 5.75 Å². The molecule has 0 saturated carbocycles. The molecule has 0 aliphatic heterocycles. The molecule has 25 heavy (non-hydrogen) atoms. The summed E-state index contributed by atoms with van der Waals surface area (Å²) < 4.78 is 5.37. The van der Waals surface area contributed by atoms with E-state index in [2.05, 4.69) is 43.4 Å². The van der Waals surface area contributed by atoms with E-state index in [0.29, 0.717) is 10.8 Å². The maximum Gasteiger partial charge on any atom is 0.277 e. The molecule has 0 spiro atoms. The molecule has 0 aliphatic rings. The summed E-state index contributed by atoms with van der Waals surface area (Å²) in [5.74, 6) is 0.263. The predicted octanol–water partition coefficient (Wildman–Crippen LogP) is 4.56. The third-order valence-electron chi connectivity index (χ3n) is 3.70. The number of halogens is 1. The minimum Gasteiger partial charge on any atom is -0.484 e. The fourth-order valence-electron chi connectivity index (χ4n) is 2.13. The molecule has 0 heterocycles. The summed E-state index contributed by atoms with van der Waals surface area (Å²) in [6.07, 6.45) is 0. The van der Waals surface area contributed by atoms with Crippen LogP contribution in [0.15, 0.2) is 53.6 Å². The number of carbonyl (C=O) groups is 1. The smallest absolute Gasteiger partial charge is 0.277 e. The zero-order valence-electron chi connectivity index (χ0n) is 15.0. The first-order chi connectivity index (χ1) is 11.8. The molecule has 5 heteroatoms. The molecule has 0 fully saturated rings. The molecule has 132 valence electrons. The van der Waals surface area contributed by atoms with Crippen molar-refractivity contribution in [2.24, 2.45) is 5.10 Å². The quantitative estimate of drug-likeness (QED) is 0.629. The highest BCUT2D eigenvalue weighted by Crippen LogP contribution is 2.22. The number of amides is 1. The molecule has 0 unspecified atom stereocenters. The minimum absolute atomic E-state index is 0.108. The van der Waals surface area contributed by atoms with Gasteiger partial charge in [-0.1, -0.05) is 56.6 Å². The maximum absolute atomic E-state index is 11.8. The highest BCUT2D eigenvalue weighted by Gasteiger charge is 2.13. The fourth-order valence-corrected chi connectivity index (χ4v) is 2.26. The summed E-state index contributed by atoms with van der Waals surface area (Å²) in [7, 11) is 0. The Morgan fingerprint density at radius 1 is 1.08 bits per heavy atom. The van der Waals surface area contributed by atoms with Crippen LogP contribution in [0.1, 0.15) is 38.8 Å². The normalized spacial score (nSPS) is 12.0. The van der Waals surface area contributed by atoms with Gasteiger partial charge in [-0.3, -0.25) is 4.79 Å². The van der Waals surface area contributed by atoms with E-state index in [1.807, 2.05) is 19.1 Å². The van der Waals surface area contributed by atoms with E-state index in [9.17, 15) is 4.79 Å². The van der Waals surface area contributed by atoms with Crippen LogP contribution < -0.4 is 10.2 Å². The van der Waals surface area contributed by atoms with Crippen molar-refractivity contribution in [3.05, 3.63) is 64.7 Å². The molecule has 0 aliphatic carbocycles. The summed E-state index contributed by atoms with van der Waals surface area (Å²) in [4.78, 5) is 11.8. The van der Waals surface area contributed by atoms with E-state index in [1.54, 1.807) is 24.3 Å². The van der Waals surface area contributed by atoms with Crippen molar-refractivity contribution in [3.63, 3.8) is 0 Å². The van der Waals surface area contributed by atoms with E-state index in [1.165, 1.54) is 5.56 Å². The van der Waals surface area contributed by atoms with Crippen LogP contribution >= 0.6 is 11.6 Å². The van der Waals surface area contributed by atoms with Gasteiger partial charge in [-0.25, -0.2) is 5.43 Å². The molecule has 1 N–H and O–H groups in total. The highest BCUT2D eigenvalue weighted by molar-refractivity contribution is 6.30. The van der Waals surface area contributed by atoms with Crippen LogP contribution in [0.2, 0.25) is 5.02 Å². The Labute approximate surface area is 153 Å². The minimum atomic E-state index is -0.319. The van der Waals surface area contributed by atoms with Crippen molar-refractivity contribution < 1.29 is 9.53 Å². The van der Waals surface area contributed by atoms with Gasteiger partial charge in [-0.2, -0.15) is 5.10 Å². The van der Waals surface area contributed by atoms with Gasteiger partial charge in [-0.05, 0) is 47.7 Å². The zero-order valence-corrected chi connectivity index (χ0v) is 15.7. The number of benzene rings is 2. The van der Waals surface area contributed by atoms with Gasteiger partial charge in [-0.15, -0.1) is 0 Å². The van der Waals surface area contributed by atoms with Gasteiger partial charge >= 0.3 is 0 Å². The second-order valence-corrected chi connectivity index (χ2v) is 7.24. The van der Waals surface area contributed by atoms with Gasteiger partial charge < -0.3 is 4.74 Å². The number of hydrazone groups is 1. The van der Waals surface area contributed by atoms with Crippen LogP contribution in [-0.2, 0) is 10.2 Å². The SMILES string of the molecule is C/C(=N/NC(=O)COc1ccc(Cl)cc1)c1ccc(C(C)(C)C)cc1. The van der Waals surface area contributed by atoms with Crippen LogP contribution in [0.3, 0.4) is 0 Å². The summed E-state index contributed by atoms with van der Waals surface area (Å²) in [6.45, 7) is 8.26. The van der Waals surface area contributed by atoms with Crippen LogP contribution in [-0.4, -0.2) is 18.2 Å². The average Bonchev–Trinajstić information content (AvgIpc) is 2.58. The van der Waals surface area contributed by atoms with Gasteiger partial charge in [0.25, 0.3) is 5.91 Å². The number of rotatable bonds is 5. The first kappa shape index (κ1) is 19.0. The monoisotopic (exact) mass is 358 g/mol. The molecule has 2 aromatic rings. The summed E-state index contributed by atoms with van der Waals surface area (Å²) in [6, 6.07) is 15.0.